The van der Waals surface area contributed by atoms with Crippen molar-refractivity contribution in [1.29, 1.82) is 0 Å². The molecule has 0 unspecified atom stereocenters. The van der Waals surface area contributed by atoms with Crippen molar-refractivity contribution in [3.8, 4) is 11.1 Å². The summed E-state index contributed by atoms with van der Waals surface area (Å²) in [6.07, 6.45) is 5.13. The zero-order valence-corrected chi connectivity index (χ0v) is 9.26. The van der Waals surface area contributed by atoms with Crippen LogP contribution in [0.1, 0.15) is 0 Å². The summed E-state index contributed by atoms with van der Waals surface area (Å²) in [5.41, 5.74) is 2.08. The molecule has 84 valence electrons. The molecule has 3 rings (SSSR count). The van der Waals surface area contributed by atoms with Crippen LogP contribution in [0.25, 0.3) is 22.0 Å². The van der Waals surface area contributed by atoms with E-state index in [2.05, 4.69) is 10.1 Å². The maximum Gasteiger partial charge on any atom is 0.131 e. The van der Waals surface area contributed by atoms with Crippen LogP contribution in [-0.2, 0) is 7.05 Å². The van der Waals surface area contributed by atoms with Crippen molar-refractivity contribution in [2.24, 2.45) is 7.05 Å². The normalized spacial score (nSPS) is 10.9. The van der Waals surface area contributed by atoms with Crippen LogP contribution in [0.4, 0.5) is 4.39 Å². The number of fused-ring (bicyclic) bond motifs is 1. The van der Waals surface area contributed by atoms with Crippen LogP contribution in [0.5, 0.6) is 0 Å². The van der Waals surface area contributed by atoms with Gasteiger partial charge in [0.1, 0.15) is 5.82 Å². The Bertz CT molecular complexity index is 688. The molecule has 3 nitrogen and oxygen atoms in total. The fraction of sp³-hybridized carbons (Fsp3) is 0.0769. The topological polar surface area (TPSA) is 30.7 Å². The van der Waals surface area contributed by atoms with Gasteiger partial charge >= 0.3 is 0 Å². The van der Waals surface area contributed by atoms with Crippen molar-refractivity contribution in [2.75, 3.05) is 0 Å². The molecule has 2 aromatic heterocycles. The summed E-state index contributed by atoms with van der Waals surface area (Å²) in [6, 6.07) is 6.90. The summed E-state index contributed by atoms with van der Waals surface area (Å²) in [6.45, 7) is 0. The molecule has 0 aliphatic heterocycles. The minimum atomic E-state index is -0.251. The summed E-state index contributed by atoms with van der Waals surface area (Å²) in [5.74, 6) is -0.251. The number of benzene rings is 1. The number of aryl methyl sites for hydroxylation is 1. The lowest BCUT2D eigenvalue weighted by Crippen LogP contribution is -1.87. The summed E-state index contributed by atoms with van der Waals surface area (Å²) in [7, 11) is 1.81. The predicted molar refractivity (Wildman–Crippen MR) is 63.9 cm³/mol. The van der Waals surface area contributed by atoms with E-state index in [1.165, 1.54) is 6.07 Å². The zero-order valence-electron chi connectivity index (χ0n) is 9.26. The average Bonchev–Trinajstić information content (AvgIpc) is 2.75. The Morgan fingerprint density at radius 1 is 1.29 bits per heavy atom. The monoisotopic (exact) mass is 227 g/mol. The Labute approximate surface area is 97.5 Å². The zero-order chi connectivity index (χ0) is 11.8. The molecule has 0 aliphatic carbocycles. The molecule has 0 radical (unpaired) electrons. The first-order valence-corrected chi connectivity index (χ1v) is 5.27. The SMILES string of the molecule is Cn1cc(-c2cc3ncccc3cc2F)cn1. The number of hydrogen-bond donors (Lipinski definition) is 0. The van der Waals surface area contributed by atoms with E-state index in [-0.39, 0.29) is 5.82 Å². The van der Waals surface area contributed by atoms with Crippen LogP contribution in [-0.4, -0.2) is 14.8 Å². The number of aromatic nitrogens is 3. The second-order valence-electron chi connectivity index (χ2n) is 3.93. The Hall–Kier alpha value is -2.23. The molecule has 4 heteroatoms. The number of pyridine rings is 1. The van der Waals surface area contributed by atoms with Gasteiger partial charge in [-0.05, 0) is 18.2 Å². The fourth-order valence-electron chi connectivity index (χ4n) is 1.87. The van der Waals surface area contributed by atoms with E-state index in [1.807, 2.05) is 6.07 Å². The van der Waals surface area contributed by atoms with Gasteiger partial charge in [-0.15, -0.1) is 0 Å². The molecule has 0 aliphatic rings. The van der Waals surface area contributed by atoms with E-state index < -0.39 is 0 Å². The van der Waals surface area contributed by atoms with E-state index in [4.69, 9.17) is 0 Å². The third-order valence-electron chi connectivity index (χ3n) is 2.71. The summed E-state index contributed by atoms with van der Waals surface area (Å²) in [5, 5.41) is 4.85. The van der Waals surface area contributed by atoms with Gasteiger partial charge in [0.2, 0.25) is 0 Å². The van der Waals surface area contributed by atoms with E-state index in [1.54, 1.807) is 42.5 Å². The summed E-state index contributed by atoms with van der Waals surface area (Å²) in [4.78, 5) is 4.22. The minimum Gasteiger partial charge on any atom is -0.275 e. The maximum atomic E-state index is 13.9. The number of rotatable bonds is 1. The van der Waals surface area contributed by atoms with Crippen LogP contribution < -0.4 is 0 Å². The molecule has 17 heavy (non-hydrogen) atoms. The number of nitrogens with zero attached hydrogens (tertiary/aromatic N) is 3. The molecular formula is C13H10FN3. The highest BCUT2D eigenvalue weighted by Gasteiger charge is 2.09. The quantitative estimate of drug-likeness (QED) is 0.640. The van der Waals surface area contributed by atoms with Crippen molar-refractivity contribution in [3.63, 3.8) is 0 Å². The fourth-order valence-corrected chi connectivity index (χ4v) is 1.87. The van der Waals surface area contributed by atoms with Gasteiger partial charge in [-0.2, -0.15) is 5.10 Å². The maximum absolute atomic E-state index is 13.9. The van der Waals surface area contributed by atoms with Crippen molar-refractivity contribution in [1.82, 2.24) is 14.8 Å². The molecule has 0 saturated carbocycles. The molecule has 3 aromatic rings. The first-order valence-electron chi connectivity index (χ1n) is 5.27. The lowest BCUT2D eigenvalue weighted by molar-refractivity contribution is 0.633. The van der Waals surface area contributed by atoms with Crippen LogP contribution in [0, 0.1) is 5.82 Å². The van der Waals surface area contributed by atoms with Crippen molar-refractivity contribution >= 4 is 10.9 Å². The van der Waals surface area contributed by atoms with Crippen molar-refractivity contribution in [2.45, 2.75) is 0 Å². The molecule has 0 spiro atoms. The van der Waals surface area contributed by atoms with Gasteiger partial charge in [0.15, 0.2) is 0 Å². The van der Waals surface area contributed by atoms with E-state index in [0.29, 0.717) is 5.56 Å². The third kappa shape index (κ3) is 1.67. The molecular weight excluding hydrogens is 217 g/mol. The standard InChI is InChI=1S/C13H10FN3/c1-17-8-10(7-16-17)11-6-13-9(5-12(11)14)3-2-4-15-13/h2-8H,1H3. The smallest absolute Gasteiger partial charge is 0.131 e. The molecule has 0 amide bonds. The molecule has 2 heterocycles. The van der Waals surface area contributed by atoms with Gasteiger partial charge in [-0.3, -0.25) is 9.67 Å². The average molecular weight is 227 g/mol. The van der Waals surface area contributed by atoms with Crippen molar-refractivity contribution in [3.05, 3.63) is 48.7 Å². The second-order valence-corrected chi connectivity index (χ2v) is 3.93. The van der Waals surface area contributed by atoms with Crippen LogP contribution in [0.15, 0.2) is 42.9 Å². The second kappa shape index (κ2) is 3.66. The molecule has 0 saturated heterocycles. The first-order chi connectivity index (χ1) is 8.24. The minimum absolute atomic E-state index is 0.251. The first kappa shape index (κ1) is 9.96. The van der Waals surface area contributed by atoms with Gasteiger partial charge < -0.3 is 0 Å². The summed E-state index contributed by atoms with van der Waals surface area (Å²) < 4.78 is 15.6. The molecule has 0 N–H and O–H groups in total. The van der Waals surface area contributed by atoms with E-state index in [9.17, 15) is 4.39 Å². The lowest BCUT2D eigenvalue weighted by Gasteiger charge is -2.02. The third-order valence-corrected chi connectivity index (χ3v) is 2.71. The van der Waals surface area contributed by atoms with Gasteiger partial charge in [-0.25, -0.2) is 4.39 Å². The van der Waals surface area contributed by atoms with Crippen LogP contribution in [0.2, 0.25) is 0 Å². The lowest BCUT2D eigenvalue weighted by atomic mass is 10.1. The van der Waals surface area contributed by atoms with Crippen molar-refractivity contribution < 1.29 is 4.39 Å². The van der Waals surface area contributed by atoms with Crippen LogP contribution >= 0.6 is 0 Å². The Morgan fingerprint density at radius 3 is 2.94 bits per heavy atom. The summed E-state index contributed by atoms with van der Waals surface area (Å²) >= 11 is 0. The van der Waals surface area contributed by atoms with Gasteiger partial charge in [-0.1, -0.05) is 6.07 Å². The Balaban J connectivity index is 2.26. The molecule has 1 aromatic carbocycles. The number of hydrogen-bond acceptors (Lipinski definition) is 2. The Kier molecular flexibility index (Phi) is 2.14. The largest absolute Gasteiger partial charge is 0.275 e. The van der Waals surface area contributed by atoms with Gasteiger partial charge in [0, 0.05) is 36.0 Å². The molecule has 0 fully saturated rings. The Morgan fingerprint density at radius 2 is 2.18 bits per heavy atom. The van der Waals surface area contributed by atoms with E-state index in [0.717, 1.165) is 16.5 Å². The van der Waals surface area contributed by atoms with Crippen LogP contribution in [0.3, 0.4) is 0 Å². The predicted octanol–water partition coefficient (Wildman–Crippen LogP) is 2.77. The van der Waals surface area contributed by atoms with Gasteiger partial charge in [0.05, 0.1) is 11.7 Å². The molecule has 0 atom stereocenters. The van der Waals surface area contributed by atoms with E-state index >= 15 is 0 Å². The number of halogens is 1. The van der Waals surface area contributed by atoms with Gasteiger partial charge in [0.25, 0.3) is 0 Å². The highest BCUT2D eigenvalue weighted by Crippen LogP contribution is 2.26. The molecule has 0 bridgehead atoms. The highest BCUT2D eigenvalue weighted by atomic mass is 19.1. The highest BCUT2D eigenvalue weighted by molar-refractivity contribution is 5.84.